The molecule has 0 saturated carbocycles. The van der Waals surface area contributed by atoms with Crippen LogP contribution in [0.5, 0.6) is 0 Å². The van der Waals surface area contributed by atoms with Crippen molar-refractivity contribution in [3.63, 3.8) is 0 Å². The average molecular weight is 306 g/mol. The Morgan fingerprint density at radius 2 is 2.18 bits per heavy atom. The van der Waals surface area contributed by atoms with Crippen LogP contribution in [0.25, 0.3) is 6.08 Å². The van der Waals surface area contributed by atoms with E-state index >= 15 is 0 Å². The third-order valence-corrected chi connectivity index (χ3v) is 2.86. The van der Waals surface area contributed by atoms with E-state index in [1.165, 1.54) is 24.3 Å². The van der Waals surface area contributed by atoms with E-state index in [2.05, 4.69) is 5.32 Å². The van der Waals surface area contributed by atoms with Gasteiger partial charge in [0.25, 0.3) is 11.6 Å². The van der Waals surface area contributed by atoms with Crippen LogP contribution in [0.1, 0.15) is 25.8 Å². The molecule has 1 rings (SSSR count). The molecule has 0 aliphatic rings. The SMILES string of the molecule is CC[C@H](C)NC(=O)COC(=O)/C=C/c1cccc([N+](=O)[O-])c1. The van der Waals surface area contributed by atoms with Crippen LogP contribution in [0.15, 0.2) is 30.3 Å². The van der Waals surface area contributed by atoms with Crippen LogP contribution >= 0.6 is 0 Å². The van der Waals surface area contributed by atoms with E-state index in [4.69, 9.17) is 4.74 Å². The number of esters is 1. The number of nitrogens with zero attached hydrogens (tertiary/aromatic N) is 1. The van der Waals surface area contributed by atoms with Gasteiger partial charge in [-0.25, -0.2) is 4.79 Å². The van der Waals surface area contributed by atoms with Crippen LogP contribution in [0.2, 0.25) is 0 Å². The molecule has 1 N–H and O–H groups in total. The highest BCUT2D eigenvalue weighted by molar-refractivity contribution is 5.89. The first-order chi connectivity index (χ1) is 10.4. The number of amides is 1. The van der Waals surface area contributed by atoms with Crippen molar-refractivity contribution in [1.82, 2.24) is 5.32 Å². The van der Waals surface area contributed by atoms with Gasteiger partial charge in [-0.2, -0.15) is 0 Å². The summed E-state index contributed by atoms with van der Waals surface area (Å²) in [5.74, 6) is -1.06. The summed E-state index contributed by atoms with van der Waals surface area (Å²) in [5.41, 5.74) is 0.429. The first kappa shape index (κ1) is 17.4. The lowest BCUT2D eigenvalue weighted by atomic mass is 10.2. The summed E-state index contributed by atoms with van der Waals surface area (Å²) >= 11 is 0. The van der Waals surface area contributed by atoms with Crippen molar-refractivity contribution in [2.45, 2.75) is 26.3 Å². The molecule has 0 bridgehead atoms. The molecule has 7 heteroatoms. The maximum Gasteiger partial charge on any atom is 0.331 e. The Morgan fingerprint density at radius 3 is 2.82 bits per heavy atom. The Morgan fingerprint density at radius 1 is 1.45 bits per heavy atom. The minimum atomic E-state index is -0.689. The Hall–Kier alpha value is -2.70. The van der Waals surface area contributed by atoms with Crippen molar-refractivity contribution in [1.29, 1.82) is 0 Å². The third kappa shape index (κ3) is 6.17. The monoisotopic (exact) mass is 306 g/mol. The molecule has 0 spiro atoms. The number of hydrogen-bond acceptors (Lipinski definition) is 5. The molecular formula is C15H18N2O5. The summed E-state index contributed by atoms with van der Waals surface area (Å²) in [7, 11) is 0. The number of hydrogen-bond donors (Lipinski definition) is 1. The number of carbonyl (C=O) groups excluding carboxylic acids is 2. The molecule has 0 aliphatic carbocycles. The first-order valence-electron chi connectivity index (χ1n) is 6.81. The maximum atomic E-state index is 11.5. The van der Waals surface area contributed by atoms with Crippen molar-refractivity contribution in [3.05, 3.63) is 46.0 Å². The first-order valence-corrected chi connectivity index (χ1v) is 6.81. The summed E-state index contributed by atoms with van der Waals surface area (Å²) in [5, 5.41) is 13.3. The Balaban J connectivity index is 2.49. The number of non-ortho nitro benzene ring substituents is 1. The van der Waals surface area contributed by atoms with Crippen LogP contribution in [0.3, 0.4) is 0 Å². The van der Waals surface area contributed by atoms with Crippen LogP contribution in [0.4, 0.5) is 5.69 Å². The highest BCUT2D eigenvalue weighted by Crippen LogP contribution is 2.14. The minimum absolute atomic E-state index is 0.0200. The molecule has 1 amide bonds. The lowest BCUT2D eigenvalue weighted by molar-refractivity contribution is -0.384. The normalized spacial score (nSPS) is 11.9. The molecule has 1 aromatic rings. The number of benzene rings is 1. The number of ether oxygens (including phenoxy) is 1. The van der Waals surface area contributed by atoms with Gasteiger partial charge in [0, 0.05) is 24.3 Å². The van der Waals surface area contributed by atoms with Crippen LogP contribution in [0, 0.1) is 10.1 Å². The molecule has 0 saturated heterocycles. The Kier molecular flexibility index (Phi) is 6.75. The average Bonchev–Trinajstić information content (AvgIpc) is 2.51. The second-order valence-electron chi connectivity index (χ2n) is 4.67. The zero-order valence-corrected chi connectivity index (χ0v) is 12.4. The molecule has 0 radical (unpaired) electrons. The molecule has 0 aliphatic heterocycles. The second-order valence-corrected chi connectivity index (χ2v) is 4.67. The van der Waals surface area contributed by atoms with Gasteiger partial charge in [-0.15, -0.1) is 0 Å². The van der Waals surface area contributed by atoms with E-state index in [1.54, 1.807) is 6.07 Å². The van der Waals surface area contributed by atoms with Crippen molar-refractivity contribution < 1.29 is 19.2 Å². The predicted molar refractivity (Wildman–Crippen MR) is 81.0 cm³/mol. The number of carbonyl (C=O) groups is 2. The molecule has 118 valence electrons. The summed E-state index contributed by atoms with van der Waals surface area (Å²) in [6, 6.07) is 5.84. The predicted octanol–water partition coefficient (Wildman–Crippen LogP) is 2.07. The summed E-state index contributed by atoms with van der Waals surface area (Å²) in [6.45, 7) is 3.42. The zero-order valence-electron chi connectivity index (χ0n) is 12.4. The highest BCUT2D eigenvalue weighted by Gasteiger charge is 2.08. The quantitative estimate of drug-likeness (QED) is 0.360. The fourth-order valence-corrected chi connectivity index (χ4v) is 1.51. The van der Waals surface area contributed by atoms with Gasteiger partial charge in [0.2, 0.25) is 0 Å². The zero-order chi connectivity index (χ0) is 16.5. The highest BCUT2D eigenvalue weighted by atomic mass is 16.6. The minimum Gasteiger partial charge on any atom is -0.452 e. The Labute approximate surface area is 128 Å². The summed E-state index contributed by atoms with van der Waals surface area (Å²) in [6.07, 6.45) is 3.30. The molecule has 0 aromatic heterocycles. The fraction of sp³-hybridized carbons (Fsp3) is 0.333. The lowest BCUT2D eigenvalue weighted by Crippen LogP contribution is -2.35. The van der Waals surface area contributed by atoms with Crippen LogP contribution in [-0.4, -0.2) is 29.4 Å². The molecule has 0 unspecified atom stereocenters. The third-order valence-electron chi connectivity index (χ3n) is 2.86. The molecule has 22 heavy (non-hydrogen) atoms. The van der Waals surface area contributed by atoms with Gasteiger partial charge < -0.3 is 10.1 Å². The van der Waals surface area contributed by atoms with E-state index in [0.717, 1.165) is 12.5 Å². The fourth-order valence-electron chi connectivity index (χ4n) is 1.51. The molecular weight excluding hydrogens is 288 g/mol. The maximum absolute atomic E-state index is 11.5. The van der Waals surface area contributed by atoms with Gasteiger partial charge in [0.1, 0.15) is 0 Å². The van der Waals surface area contributed by atoms with Gasteiger partial charge in [0.05, 0.1) is 4.92 Å². The van der Waals surface area contributed by atoms with E-state index in [9.17, 15) is 19.7 Å². The van der Waals surface area contributed by atoms with Gasteiger partial charge in [0.15, 0.2) is 6.61 Å². The van der Waals surface area contributed by atoms with E-state index in [0.29, 0.717) is 5.56 Å². The number of rotatable bonds is 7. The Bertz CT molecular complexity index is 583. The van der Waals surface area contributed by atoms with Gasteiger partial charge >= 0.3 is 5.97 Å². The van der Waals surface area contributed by atoms with E-state index < -0.39 is 10.9 Å². The van der Waals surface area contributed by atoms with Gasteiger partial charge in [-0.05, 0) is 25.0 Å². The molecule has 0 heterocycles. The van der Waals surface area contributed by atoms with Crippen LogP contribution in [-0.2, 0) is 14.3 Å². The smallest absolute Gasteiger partial charge is 0.331 e. The molecule has 1 atom stereocenters. The van der Waals surface area contributed by atoms with Crippen molar-refractivity contribution in [2.24, 2.45) is 0 Å². The lowest BCUT2D eigenvalue weighted by Gasteiger charge is -2.10. The summed E-state index contributed by atoms with van der Waals surface area (Å²) < 4.78 is 4.78. The topological polar surface area (TPSA) is 98.5 Å². The second kappa shape index (κ2) is 8.56. The largest absolute Gasteiger partial charge is 0.452 e. The van der Waals surface area contributed by atoms with E-state index in [-0.39, 0.29) is 24.2 Å². The molecule has 7 nitrogen and oxygen atoms in total. The van der Waals surface area contributed by atoms with Crippen molar-refractivity contribution in [2.75, 3.05) is 6.61 Å². The number of nitrogens with one attached hydrogen (secondary N) is 1. The van der Waals surface area contributed by atoms with Crippen LogP contribution < -0.4 is 5.32 Å². The van der Waals surface area contributed by atoms with Gasteiger partial charge in [-0.1, -0.05) is 19.1 Å². The molecule has 0 fully saturated rings. The van der Waals surface area contributed by atoms with Crippen molar-refractivity contribution in [3.8, 4) is 0 Å². The molecule has 1 aromatic carbocycles. The van der Waals surface area contributed by atoms with Crippen molar-refractivity contribution >= 4 is 23.6 Å². The summed E-state index contributed by atoms with van der Waals surface area (Å²) in [4.78, 5) is 33.0. The number of nitro benzene ring substituents is 1. The standard InChI is InChI=1S/C15H18N2O5/c1-3-11(2)16-14(18)10-22-15(19)8-7-12-5-4-6-13(9-12)17(20)21/h4-9,11H,3,10H2,1-2H3,(H,16,18)/b8-7+/t11-/m0/s1. The van der Waals surface area contributed by atoms with Gasteiger partial charge in [-0.3, -0.25) is 14.9 Å². The number of nitro groups is 1. The van der Waals surface area contributed by atoms with E-state index in [1.807, 2.05) is 13.8 Å².